The molecule has 0 radical (unpaired) electrons. The van der Waals surface area contributed by atoms with E-state index in [1.807, 2.05) is 0 Å². The highest BCUT2D eigenvalue weighted by Crippen LogP contribution is 2.31. The monoisotopic (exact) mass is 406 g/mol. The fraction of sp³-hybridized carbons (Fsp3) is 0.0556. The van der Waals surface area contributed by atoms with Gasteiger partial charge in [-0.2, -0.15) is 0 Å². The maximum absolute atomic E-state index is 13.9. The van der Waals surface area contributed by atoms with E-state index in [9.17, 15) is 17.6 Å². The Hall–Kier alpha value is -2.75. The molecule has 2 aromatic carbocycles. The summed E-state index contributed by atoms with van der Waals surface area (Å²) in [7, 11) is -2.70. The van der Waals surface area contributed by atoms with E-state index in [4.69, 9.17) is 9.88 Å². The molecular weight excluding hydrogens is 391 g/mol. The Labute approximate surface area is 159 Å². The van der Waals surface area contributed by atoms with Crippen molar-refractivity contribution in [2.75, 3.05) is 12.4 Å². The van der Waals surface area contributed by atoms with Gasteiger partial charge in [-0.15, -0.1) is 11.3 Å². The number of hydrogen-bond donors (Lipinski definition) is 2. The molecule has 0 saturated carbocycles. The number of ether oxygens (including phenoxy) is 1. The lowest BCUT2D eigenvalue weighted by atomic mass is 10.2. The number of primary sulfonamides is 1. The van der Waals surface area contributed by atoms with Crippen LogP contribution in [0.3, 0.4) is 0 Å². The zero-order valence-electron chi connectivity index (χ0n) is 14.1. The largest absolute Gasteiger partial charge is 0.495 e. The molecule has 6 nitrogen and oxygen atoms in total. The van der Waals surface area contributed by atoms with Crippen molar-refractivity contribution in [1.29, 1.82) is 0 Å². The number of nitrogens with one attached hydrogen (secondary N) is 1. The van der Waals surface area contributed by atoms with Gasteiger partial charge < -0.3 is 10.1 Å². The molecule has 1 heterocycles. The Kier molecular flexibility index (Phi) is 5.26. The highest BCUT2D eigenvalue weighted by Gasteiger charge is 2.18. The molecule has 0 atom stereocenters. The molecule has 0 aliphatic heterocycles. The van der Waals surface area contributed by atoms with Crippen molar-refractivity contribution in [3.63, 3.8) is 0 Å². The summed E-state index contributed by atoms with van der Waals surface area (Å²) in [6.07, 6.45) is 0. The third kappa shape index (κ3) is 4.16. The molecule has 3 aromatic rings. The average Bonchev–Trinajstić information content (AvgIpc) is 3.11. The van der Waals surface area contributed by atoms with Crippen molar-refractivity contribution >= 4 is 33.0 Å². The second-order valence-electron chi connectivity index (χ2n) is 5.51. The lowest BCUT2D eigenvalue weighted by molar-refractivity contribution is 0.103. The number of methoxy groups -OCH3 is 1. The molecule has 0 bridgehead atoms. The number of amides is 1. The molecule has 140 valence electrons. The van der Waals surface area contributed by atoms with E-state index < -0.39 is 15.9 Å². The number of nitrogens with two attached hydrogens (primary N) is 1. The zero-order chi connectivity index (χ0) is 19.6. The molecule has 0 unspecified atom stereocenters. The second kappa shape index (κ2) is 7.47. The van der Waals surface area contributed by atoms with E-state index in [0.29, 0.717) is 15.3 Å². The minimum Gasteiger partial charge on any atom is -0.495 e. The zero-order valence-corrected chi connectivity index (χ0v) is 15.7. The lowest BCUT2D eigenvalue weighted by Crippen LogP contribution is -2.15. The summed E-state index contributed by atoms with van der Waals surface area (Å²) in [5, 5.41) is 7.78. The fourth-order valence-corrected chi connectivity index (χ4v) is 4.09. The van der Waals surface area contributed by atoms with Crippen LogP contribution in [0.1, 0.15) is 9.67 Å². The minimum absolute atomic E-state index is 0.0773. The summed E-state index contributed by atoms with van der Waals surface area (Å²) >= 11 is 1.13. The average molecular weight is 406 g/mol. The van der Waals surface area contributed by atoms with Gasteiger partial charge in [0.05, 0.1) is 12.0 Å². The Bertz CT molecular complexity index is 1110. The third-order valence-electron chi connectivity index (χ3n) is 3.70. The molecule has 0 aliphatic rings. The predicted molar refractivity (Wildman–Crippen MR) is 102 cm³/mol. The normalized spacial score (nSPS) is 11.2. The molecular formula is C18H15FN2O4S2. The summed E-state index contributed by atoms with van der Waals surface area (Å²) < 4.78 is 42.2. The maximum atomic E-state index is 13.9. The number of carbonyl (C=O) groups excluding carboxylic acids is 1. The van der Waals surface area contributed by atoms with Crippen LogP contribution in [0.4, 0.5) is 10.1 Å². The molecule has 3 rings (SSSR count). The van der Waals surface area contributed by atoms with Crippen LogP contribution >= 0.6 is 11.3 Å². The van der Waals surface area contributed by atoms with E-state index in [1.165, 1.54) is 31.4 Å². The highest BCUT2D eigenvalue weighted by molar-refractivity contribution is 7.89. The first-order chi connectivity index (χ1) is 12.8. The van der Waals surface area contributed by atoms with Crippen LogP contribution in [0.25, 0.3) is 10.4 Å². The van der Waals surface area contributed by atoms with E-state index in [1.54, 1.807) is 30.3 Å². The molecule has 1 aromatic heterocycles. The van der Waals surface area contributed by atoms with Gasteiger partial charge in [0.15, 0.2) is 0 Å². The third-order valence-corrected chi connectivity index (χ3v) is 5.75. The van der Waals surface area contributed by atoms with Gasteiger partial charge in [0.25, 0.3) is 5.91 Å². The number of benzene rings is 2. The smallest absolute Gasteiger partial charge is 0.265 e. The number of thiophene rings is 1. The fourth-order valence-electron chi connectivity index (χ4n) is 2.44. The Balaban J connectivity index is 1.86. The number of anilines is 1. The SMILES string of the molecule is COc1ccc(NC(=O)c2ccc(-c3ccccc3F)s2)cc1S(N)(=O)=O. The van der Waals surface area contributed by atoms with Crippen LogP contribution in [0, 0.1) is 5.82 Å². The quantitative estimate of drug-likeness (QED) is 0.678. The van der Waals surface area contributed by atoms with Crippen LogP contribution in [-0.2, 0) is 10.0 Å². The van der Waals surface area contributed by atoms with Crippen LogP contribution < -0.4 is 15.2 Å². The van der Waals surface area contributed by atoms with Crippen molar-refractivity contribution in [3.8, 4) is 16.2 Å². The van der Waals surface area contributed by atoms with Crippen molar-refractivity contribution in [1.82, 2.24) is 0 Å². The molecule has 27 heavy (non-hydrogen) atoms. The molecule has 9 heteroatoms. The second-order valence-corrected chi connectivity index (χ2v) is 8.12. The first-order valence-electron chi connectivity index (χ1n) is 7.66. The van der Waals surface area contributed by atoms with E-state index in [0.717, 1.165) is 11.3 Å². The standard InChI is InChI=1S/C18H15FN2O4S2/c1-25-14-7-6-11(10-17(14)27(20,23)24)21-18(22)16-9-8-15(26-16)12-4-2-3-5-13(12)19/h2-10H,1H3,(H,21,22)(H2,20,23,24). The maximum Gasteiger partial charge on any atom is 0.265 e. The van der Waals surface area contributed by atoms with Crippen LogP contribution in [-0.4, -0.2) is 21.4 Å². The molecule has 0 fully saturated rings. The first kappa shape index (κ1) is 19.0. The Morgan fingerprint density at radius 2 is 1.89 bits per heavy atom. The molecule has 0 aliphatic carbocycles. The Morgan fingerprint density at radius 1 is 1.15 bits per heavy atom. The van der Waals surface area contributed by atoms with Crippen molar-refractivity contribution in [3.05, 3.63) is 65.3 Å². The molecule has 3 N–H and O–H groups in total. The lowest BCUT2D eigenvalue weighted by Gasteiger charge is -2.09. The molecule has 0 spiro atoms. The number of halogens is 1. The van der Waals surface area contributed by atoms with Crippen LogP contribution in [0.5, 0.6) is 5.75 Å². The number of carbonyl (C=O) groups is 1. The minimum atomic E-state index is -4.02. The summed E-state index contributed by atoms with van der Waals surface area (Å²) in [4.78, 5) is 13.2. The van der Waals surface area contributed by atoms with Gasteiger partial charge in [-0.1, -0.05) is 18.2 Å². The molecule has 1 amide bonds. The van der Waals surface area contributed by atoms with Gasteiger partial charge in [-0.3, -0.25) is 4.79 Å². The van der Waals surface area contributed by atoms with Gasteiger partial charge in [-0.25, -0.2) is 17.9 Å². The van der Waals surface area contributed by atoms with Crippen LogP contribution in [0.15, 0.2) is 59.5 Å². The summed E-state index contributed by atoms with van der Waals surface area (Å²) in [5.74, 6) is -0.749. The van der Waals surface area contributed by atoms with E-state index >= 15 is 0 Å². The number of sulfonamides is 1. The Morgan fingerprint density at radius 3 is 2.56 bits per heavy atom. The summed E-state index contributed by atoms with van der Waals surface area (Å²) in [6, 6.07) is 13.6. The summed E-state index contributed by atoms with van der Waals surface area (Å²) in [6.45, 7) is 0. The topological polar surface area (TPSA) is 98.5 Å². The van der Waals surface area contributed by atoms with Crippen LogP contribution in [0.2, 0.25) is 0 Å². The predicted octanol–water partition coefficient (Wildman–Crippen LogP) is 3.46. The van der Waals surface area contributed by atoms with Crippen molar-refractivity contribution in [2.24, 2.45) is 5.14 Å². The van der Waals surface area contributed by atoms with E-state index in [-0.39, 0.29) is 22.1 Å². The summed E-state index contributed by atoms with van der Waals surface area (Å²) in [5.41, 5.74) is 0.646. The highest BCUT2D eigenvalue weighted by atomic mass is 32.2. The number of hydrogen-bond acceptors (Lipinski definition) is 5. The van der Waals surface area contributed by atoms with Gasteiger partial charge in [0.2, 0.25) is 10.0 Å². The van der Waals surface area contributed by atoms with Gasteiger partial charge in [-0.05, 0) is 36.4 Å². The van der Waals surface area contributed by atoms with Gasteiger partial charge in [0.1, 0.15) is 16.5 Å². The van der Waals surface area contributed by atoms with Gasteiger partial charge >= 0.3 is 0 Å². The van der Waals surface area contributed by atoms with E-state index in [2.05, 4.69) is 5.32 Å². The first-order valence-corrected chi connectivity index (χ1v) is 10.0. The van der Waals surface area contributed by atoms with Crippen molar-refractivity contribution in [2.45, 2.75) is 4.90 Å². The van der Waals surface area contributed by atoms with Gasteiger partial charge in [0, 0.05) is 16.1 Å². The van der Waals surface area contributed by atoms with Crippen molar-refractivity contribution < 1.29 is 22.3 Å². The number of rotatable bonds is 5. The molecule has 0 saturated heterocycles.